The Balaban J connectivity index is 2.55. The van der Waals surface area contributed by atoms with Crippen molar-refractivity contribution < 1.29 is 22.4 Å². The summed E-state index contributed by atoms with van der Waals surface area (Å²) in [6.45, 7) is 0. The summed E-state index contributed by atoms with van der Waals surface area (Å²) in [6, 6.07) is 4.58. The average Bonchev–Trinajstić information content (AvgIpc) is 2.37. The van der Waals surface area contributed by atoms with Gasteiger partial charge >= 0.3 is 6.18 Å². The van der Waals surface area contributed by atoms with Gasteiger partial charge in [-0.25, -0.2) is 4.39 Å². The number of nitrogens with two attached hydrogens (primary N) is 1. The van der Waals surface area contributed by atoms with Crippen molar-refractivity contribution in [1.29, 1.82) is 0 Å². The minimum absolute atomic E-state index is 0.0336. The minimum atomic E-state index is -4.67. The monoisotopic (exact) mass is 284 g/mol. The van der Waals surface area contributed by atoms with Crippen LogP contribution < -0.4 is 5.73 Å². The van der Waals surface area contributed by atoms with Crippen molar-refractivity contribution in [1.82, 2.24) is 4.98 Å². The van der Waals surface area contributed by atoms with Crippen molar-refractivity contribution >= 4 is 5.91 Å². The summed E-state index contributed by atoms with van der Waals surface area (Å²) >= 11 is 0. The van der Waals surface area contributed by atoms with Crippen molar-refractivity contribution in [2.75, 3.05) is 0 Å². The number of rotatable bonds is 2. The molecule has 2 aromatic rings. The van der Waals surface area contributed by atoms with Crippen LogP contribution in [0, 0.1) is 5.82 Å². The molecular formula is C13H8F4N2O. The van der Waals surface area contributed by atoms with E-state index in [1.54, 1.807) is 0 Å². The molecule has 2 N–H and O–H groups in total. The average molecular weight is 284 g/mol. The van der Waals surface area contributed by atoms with Gasteiger partial charge in [0.25, 0.3) is 0 Å². The molecule has 0 unspecified atom stereocenters. The fraction of sp³-hybridized carbons (Fsp3) is 0.0769. The number of nitrogens with zero attached hydrogens (tertiary/aromatic N) is 1. The van der Waals surface area contributed by atoms with Gasteiger partial charge in [-0.3, -0.25) is 9.78 Å². The zero-order valence-electron chi connectivity index (χ0n) is 9.91. The van der Waals surface area contributed by atoms with Gasteiger partial charge in [0.05, 0.1) is 11.3 Å². The van der Waals surface area contributed by atoms with Gasteiger partial charge in [0.15, 0.2) is 0 Å². The summed E-state index contributed by atoms with van der Waals surface area (Å²) < 4.78 is 51.1. The van der Waals surface area contributed by atoms with E-state index in [1.165, 1.54) is 18.3 Å². The highest BCUT2D eigenvalue weighted by atomic mass is 19.4. The summed E-state index contributed by atoms with van der Waals surface area (Å²) in [4.78, 5) is 14.8. The number of alkyl halides is 3. The van der Waals surface area contributed by atoms with Gasteiger partial charge in [0, 0.05) is 17.3 Å². The molecule has 1 aromatic heterocycles. The summed E-state index contributed by atoms with van der Waals surface area (Å²) in [7, 11) is 0. The van der Waals surface area contributed by atoms with E-state index in [0.717, 1.165) is 12.1 Å². The van der Waals surface area contributed by atoms with Crippen LogP contribution in [-0.2, 0) is 6.18 Å². The van der Waals surface area contributed by atoms with Crippen molar-refractivity contribution in [3.8, 4) is 11.3 Å². The molecule has 0 aliphatic carbocycles. The molecule has 0 atom stereocenters. The van der Waals surface area contributed by atoms with Gasteiger partial charge in [0.2, 0.25) is 5.91 Å². The van der Waals surface area contributed by atoms with Crippen molar-refractivity contribution in [3.05, 3.63) is 53.5 Å². The van der Waals surface area contributed by atoms with Crippen LogP contribution in [0.2, 0.25) is 0 Å². The molecule has 20 heavy (non-hydrogen) atoms. The zero-order chi connectivity index (χ0) is 14.9. The van der Waals surface area contributed by atoms with Crippen LogP contribution in [0.1, 0.15) is 15.9 Å². The summed E-state index contributed by atoms with van der Waals surface area (Å²) in [5.41, 5.74) is 3.97. The molecule has 0 aliphatic heterocycles. The van der Waals surface area contributed by atoms with Crippen LogP contribution in [0.25, 0.3) is 11.3 Å². The lowest BCUT2D eigenvalue weighted by molar-refractivity contribution is -0.137. The maximum Gasteiger partial charge on any atom is 0.416 e. The normalized spacial score (nSPS) is 11.4. The van der Waals surface area contributed by atoms with Crippen LogP contribution in [0.15, 0.2) is 36.5 Å². The number of primary amides is 1. The summed E-state index contributed by atoms with van der Waals surface area (Å²) in [5, 5.41) is 0. The number of benzene rings is 1. The fourth-order valence-electron chi connectivity index (χ4n) is 1.64. The predicted molar refractivity (Wildman–Crippen MR) is 63.2 cm³/mol. The molecule has 0 saturated heterocycles. The third kappa shape index (κ3) is 2.93. The Morgan fingerprint density at radius 2 is 1.85 bits per heavy atom. The first-order valence-electron chi connectivity index (χ1n) is 5.41. The van der Waals surface area contributed by atoms with E-state index in [2.05, 4.69) is 4.98 Å². The molecule has 0 radical (unpaired) electrons. The molecule has 3 nitrogen and oxygen atoms in total. The third-order valence-electron chi connectivity index (χ3n) is 2.57. The number of aromatic nitrogens is 1. The molecule has 0 bridgehead atoms. The topological polar surface area (TPSA) is 56.0 Å². The quantitative estimate of drug-likeness (QED) is 0.862. The Bertz CT molecular complexity index is 668. The Labute approximate surface area is 111 Å². The second-order valence-corrected chi connectivity index (χ2v) is 4.02. The lowest BCUT2D eigenvalue weighted by Crippen LogP contribution is -2.11. The minimum Gasteiger partial charge on any atom is -0.366 e. The van der Waals surface area contributed by atoms with Gasteiger partial charge in [-0.05, 0) is 30.3 Å². The van der Waals surface area contributed by atoms with Crippen molar-refractivity contribution in [3.63, 3.8) is 0 Å². The van der Waals surface area contributed by atoms with E-state index in [0.29, 0.717) is 6.07 Å². The van der Waals surface area contributed by atoms with Gasteiger partial charge in [0.1, 0.15) is 5.82 Å². The molecule has 0 fully saturated rings. The summed E-state index contributed by atoms with van der Waals surface area (Å²) in [6.07, 6.45) is -3.45. The van der Waals surface area contributed by atoms with E-state index in [9.17, 15) is 22.4 Å². The second-order valence-electron chi connectivity index (χ2n) is 4.02. The SMILES string of the molecule is NC(=O)c1ccnc(-c2cc(F)cc(C(F)(F)F)c2)c1. The van der Waals surface area contributed by atoms with E-state index in [4.69, 9.17) is 5.73 Å². The van der Waals surface area contributed by atoms with Gasteiger partial charge in [-0.2, -0.15) is 13.2 Å². The number of carbonyl (C=O) groups excluding carboxylic acids is 1. The number of hydrogen-bond donors (Lipinski definition) is 1. The molecule has 0 saturated carbocycles. The number of pyridine rings is 1. The van der Waals surface area contributed by atoms with Crippen LogP contribution in [0.3, 0.4) is 0 Å². The van der Waals surface area contributed by atoms with E-state index in [-0.39, 0.29) is 16.8 Å². The standard InChI is InChI=1S/C13H8F4N2O/c14-10-4-8(3-9(6-10)13(15,16)17)11-5-7(12(18)20)1-2-19-11/h1-6H,(H2,18,20). The van der Waals surface area contributed by atoms with E-state index in [1.807, 2.05) is 0 Å². The molecule has 7 heteroatoms. The molecule has 1 heterocycles. The first-order valence-corrected chi connectivity index (χ1v) is 5.41. The number of amides is 1. The smallest absolute Gasteiger partial charge is 0.366 e. The fourth-order valence-corrected chi connectivity index (χ4v) is 1.64. The van der Waals surface area contributed by atoms with Crippen LogP contribution in [0.5, 0.6) is 0 Å². The van der Waals surface area contributed by atoms with Gasteiger partial charge < -0.3 is 5.73 Å². The lowest BCUT2D eigenvalue weighted by Gasteiger charge is -2.09. The van der Waals surface area contributed by atoms with E-state index < -0.39 is 23.5 Å². The molecule has 0 aliphatic rings. The first kappa shape index (κ1) is 14.0. The highest BCUT2D eigenvalue weighted by Crippen LogP contribution is 2.32. The number of hydrogen-bond acceptors (Lipinski definition) is 2. The number of carbonyl (C=O) groups is 1. The largest absolute Gasteiger partial charge is 0.416 e. The molecule has 1 aromatic carbocycles. The Morgan fingerprint density at radius 3 is 2.45 bits per heavy atom. The third-order valence-corrected chi connectivity index (χ3v) is 2.57. The van der Waals surface area contributed by atoms with E-state index >= 15 is 0 Å². The van der Waals surface area contributed by atoms with Crippen LogP contribution in [-0.4, -0.2) is 10.9 Å². The maximum atomic E-state index is 13.3. The van der Waals surface area contributed by atoms with Crippen molar-refractivity contribution in [2.24, 2.45) is 5.73 Å². The molecule has 104 valence electrons. The highest BCUT2D eigenvalue weighted by Gasteiger charge is 2.31. The molecule has 2 rings (SSSR count). The zero-order valence-corrected chi connectivity index (χ0v) is 9.91. The first-order chi connectivity index (χ1) is 9.27. The predicted octanol–water partition coefficient (Wildman–Crippen LogP) is 3.01. The van der Waals surface area contributed by atoms with Crippen molar-refractivity contribution in [2.45, 2.75) is 6.18 Å². The lowest BCUT2D eigenvalue weighted by atomic mass is 10.1. The Morgan fingerprint density at radius 1 is 1.15 bits per heavy atom. The van der Waals surface area contributed by atoms with Gasteiger partial charge in [-0.15, -0.1) is 0 Å². The Kier molecular flexibility index (Phi) is 3.44. The van der Waals surface area contributed by atoms with Crippen LogP contribution in [0.4, 0.5) is 17.6 Å². The summed E-state index contributed by atoms with van der Waals surface area (Å²) in [5.74, 6) is -1.79. The highest BCUT2D eigenvalue weighted by molar-refractivity contribution is 5.93. The Hall–Kier alpha value is -2.44. The maximum absolute atomic E-state index is 13.3. The molecule has 1 amide bonds. The second kappa shape index (κ2) is 4.92. The molecule has 0 spiro atoms. The molecular weight excluding hydrogens is 276 g/mol. The van der Waals surface area contributed by atoms with Gasteiger partial charge in [-0.1, -0.05) is 0 Å². The van der Waals surface area contributed by atoms with Crippen LogP contribution >= 0.6 is 0 Å². The number of halogens is 4.